The highest BCUT2D eigenvalue weighted by Crippen LogP contribution is 2.10. The average molecular weight is 273 g/mol. The van der Waals surface area contributed by atoms with Crippen molar-refractivity contribution in [3.63, 3.8) is 0 Å². The van der Waals surface area contributed by atoms with Gasteiger partial charge in [-0.3, -0.25) is 4.79 Å². The highest BCUT2D eigenvalue weighted by atomic mass is 32.2. The minimum Gasteiger partial charge on any atom is -0.508 e. The lowest BCUT2D eigenvalue weighted by atomic mass is 10.2. The molecule has 0 unspecified atom stereocenters. The molecular formula is C11H15NO5S. The minimum atomic E-state index is -3.72. The van der Waals surface area contributed by atoms with Crippen LogP contribution in [0.2, 0.25) is 0 Å². The van der Waals surface area contributed by atoms with E-state index in [0.717, 1.165) is 0 Å². The van der Waals surface area contributed by atoms with Crippen LogP contribution >= 0.6 is 0 Å². The van der Waals surface area contributed by atoms with Gasteiger partial charge in [0.15, 0.2) is 5.75 Å². The second-order valence-corrected chi connectivity index (χ2v) is 5.36. The van der Waals surface area contributed by atoms with Crippen LogP contribution in [0.1, 0.15) is 12.5 Å². The number of carbonyl (C=O) groups excluding carboxylic acids is 1. The van der Waals surface area contributed by atoms with Crippen molar-refractivity contribution in [3.05, 3.63) is 29.8 Å². The molecule has 1 rings (SSSR count). The number of phenolic OH excluding ortho intramolecular Hbond substituents is 1. The summed E-state index contributed by atoms with van der Waals surface area (Å²) in [5, 5.41) is 9.21. The Morgan fingerprint density at radius 1 is 1.44 bits per heavy atom. The summed E-state index contributed by atoms with van der Waals surface area (Å²) in [4.78, 5) is 11.0. The maximum atomic E-state index is 11.5. The van der Waals surface area contributed by atoms with Gasteiger partial charge in [-0.05, 0) is 24.6 Å². The van der Waals surface area contributed by atoms with Gasteiger partial charge in [0.2, 0.25) is 10.0 Å². The number of rotatable bonds is 6. The van der Waals surface area contributed by atoms with E-state index < -0.39 is 21.7 Å². The molecule has 100 valence electrons. The van der Waals surface area contributed by atoms with Gasteiger partial charge in [-0.25, -0.2) is 13.1 Å². The van der Waals surface area contributed by atoms with Crippen molar-refractivity contribution in [2.75, 3.05) is 12.4 Å². The molecule has 0 saturated heterocycles. The molecule has 0 fully saturated rings. The summed E-state index contributed by atoms with van der Waals surface area (Å²) >= 11 is 0. The molecule has 0 radical (unpaired) electrons. The maximum Gasteiger partial charge on any atom is 0.322 e. The lowest BCUT2D eigenvalue weighted by Crippen LogP contribution is -2.30. The molecule has 0 saturated carbocycles. The summed E-state index contributed by atoms with van der Waals surface area (Å²) in [7, 11) is -3.72. The fourth-order valence-electron chi connectivity index (χ4n) is 1.27. The van der Waals surface area contributed by atoms with Crippen LogP contribution in [-0.4, -0.2) is 31.9 Å². The van der Waals surface area contributed by atoms with Crippen LogP contribution < -0.4 is 4.72 Å². The Bertz CT molecular complexity index is 512. The molecule has 0 aliphatic rings. The van der Waals surface area contributed by atoms with Crippen LogP contribution in [0.15, 0.2) is 24.3 Å². The monoisotopic (exact) mass is 273 g/mol. The van der Waals surface area contributed by atoms with E-state index in [1.165, 1.54) is 12.1 Å². The Hall–Kier alpha value is -1.60. The molecule has 0 heterocycles. The smallest absolute Gasteiger partial charge is 0.322 e. The van der Waals surface area contributed by atoms with Crippen molar-refractivity contribution >= 4 is 16.0 Å². The van der Waals surface area contributed by atoms with Crippen LogP contribution in [0.4, 0.5) is 0 Å². The predicted molar refractivity (Wildman–Crippen MR) is 65.4 cm³/mol. The quantitative estimate of drug-likeness (QED) is 0.731. The van der Waals surface area contributed by atoms with Crippen LogP contribution in [0.5, 0.6) is 5.75 Å². The van der Waals surface area contributed by atoms with Crippen molar-refractivity contribution in [2.45, 2.75) is 13.5 Å². The number of aromatic hydroxyl groups is 1. The van der Waals surface area contributed by atoms with Gasteiger partial charge in [-0.1, -0.05) is 12.1 Å². The second-order valence-electron chi connectivity index (χ2n) is 3.56. The molecule has 6 nitrogen and oxygen atoms in total. The number of phenols is 1. The average Bonchev–Trinajstić information content (AvgIpc) is 2.26. The third-order valence-corrected chi connectivity index (χ3v) is 3.22. The standard InChI is InChI=1S/C11H15NO5S/c1-2-17-11(14)8-18(15,16)12-7-9-4-3-5-10(13)6-9/h3-6,12-13H,2,7-8H2,1H3. The van der Waals surface area contributed by atoms with Crippen LogP contribution in [0, 0.1) is 0 Å². The number of esters is 1. The molecule has 2 N–H and O–H groups in total. The number of hydrogen-bond acceptors (Lipinski definition) is 5. The molecule has 0 aliphatic carbocycles. The number of ether oxygens (including phenoxy) is 1. The minimum absolute atomic E-state index is 0.0101. The summed E-state index contributed by atoms with van der Waals surface area (Å²) in [6.07, 6.45) is 0. The summed E-state index contributed by atoms with van der Waals surface area (Å²) in [6.45, 7) is 1.75. The van der Waals surface area contributed by atoms with Gasteiger partial charge in [0.25, 0.3) is 0 Å². The van der Waals surface area contributed by atoms with E-state index in [1.807, 2.05) is 0 Å². The number of carbonyl (C=O) groups is 1. The third kappa shape index (κ3) is 5.15. The Balaban J connectivity index is 2.54. The largest absolute Gasteiger partial charge is 0.508 e. The predicted octanol–water partition coefficient (Wildman–Crippen LogP) is 0.375. The number of hydrogen-bond donors (Lipinski definition) is 2. The Kier molecular flexibility index (Phi) is 5.11. The van der Waals surface area contributed by atoms with Crippen molar-refractivity contribution in [2.24, 2.45) is 0 Å². The lowest BCUT2D eigenvalue weighted by Gasteiger charge is -2.06. The molecule has 0 atom stereocenters. The molecule has 7 heteroatoms. The zero-order chi connectivity index (χ0) is 13.6. The van der Waals surface area contributed by atoms with E-state index in [0.29, 0.717) is 5.56 Å². The van der Waals surface area contributed by atoms with Gasteiger partial charge in [-0.15, -0.1) is 0 Å². The zero-order valence-corrected chi connectivity index (χ0v) is 10.7. The van der Waals surface area contributed by atoms with Gasteiger partial charge in [0.1, 0.15) is 5.75 Å². The SMILES string of the molecule is CCOC(=O)CS(=O)(=O)NCc1cccc(O)c1. The first-order valence-electron chi connectivity index (χ1n) is 5.34. The van der Waals surface area contributed by atoms with Gasteiger partial charge in [-0.2, -0.15) is 0 Å². The molecule has 1 aromatic carbocycles. The number of benzene rings is 1. The fourth-order valence-corrected chi connectivity index (χ4v) is 2.15. The first-order chi connectivity index (χ1) is 8.43. The molecular weight excluding hydrogens is 258 g/mol. The Morgan fingerprint density at radius 3 is 2.78 bits per heavy atom. The fraction of sp³-hybridized carbons (Fsp3) is 0.364. The highest BCUT2D eigenvalue weighted by molar-refractivity contribution is 7.90. The van der Waals surface area contributed by atoms with Gasteiger partial charge >= 0.3 is 5.97 Å². The number of sulfonamides is 1. The van der Waals surface area contributed by atoms with E-state index in [2.05, 4.69) is 9.46 Å². The topological polar surface area (TPSA) is 92.7 Å². The van der Waals surface area contributed by atoms with Crippen molar-refractivity contribution in [3.8, 4) is 5.75 Å². The summed E-state index contributed by atoms with van der Waals surface area (Å²) in [5.74, 6) is -1.45. The molecule has 1 aromatic rings. The van der Waals surface area contributed by atoms with Gasteiger partial charge < -0.3 is 9.84 Å². The summed E-state index contributed by atoms with van der Waals surface area (Å²) < 4.78 is 29.8. The van der Waals surface area contributed by atoms with Crippen LogP contribution in [0.3, 0.4) is 0 Å². The molecule has 0 spiro atoms. The van der Waals surface area contributed by atoms with E-state index in [-0.39, 0.29) is 18.9 Å². The van der Waals surface area contributed by atoms with Crippen molar-refractivity contribution in [1.82, 2.24) is 4.72 Å². The summed E-state index contributed by atoms with van der Waals surface area (Å²) in [6, 6.07) is 6.18. The van der Waals surface area contributed by atoms with Crippen molar-refractivity contribution < 1.29 is 23.1 Å². The number of nitrogens with one attached hydrogen (secondary N) is 1. The van der Waals surface area contributed by atoms with Crippen LogP contribution in [0.25, 0.3) is 0 Å². The highest BCUT2D eigenvalue weighted by Gasteiger charge is 2.16. The van der Waals surface area contributed by atoms with E-state index in [1.54, 1.807) is 19.1 Å². The van der Waals surface area contributed by atoms with Crippen molar-refractivity contribution in [1.29, 1.82) is 0 Å². The second kappa shape index (κ2) is 6.36. The first-order valence-corrected chi connectivity index (χ1v) is 6.99. The molecule has 0 aromatic heterocycles. The normalized spacial score (nSPS) is 11.2. The molecule has 18 heavy (non-hydrogen) atoms. The summed E-state index contributed by atoms with van der Waals surface area (Å²) in [5.41, 5.74) is 0.599. The Morgan fingerprint density at radius 2 is 2.17 bits per heavy atom. The third-order valence-electron chi connectivity index (χ3n) is 2.02. The lowest BCUT2D eigenvalue weighted by molar-refractivity contribution is -0.139. The zero-order valence-electron chi connectivity index (χ0n) is 9.92. The Labute approximate surface area is 106 Å². The molecule has 0 aliphatic heterocycles. The molecule has 0 amide bonds. The van der Waals surface area contributed by atoms with Crippen LogP contribution in [-0.2, 0) is 26.1 Å². The van der Waals surface area contributed by atoms with Gasteiger partial charge in [0.05, 0.1) is 6.61 Å². The van der Waals surface area contributed by atoms with Gasteiger partial charge in [0, 0.05) is 6.54 Å². The van der Waals surface area contributed by atoms with E-state index in [4.69, 9.17) is 0 Å². The van der Waals surface area contributed by atoms with E-state index in [9.17, 15) is 18.3 Å². The van der Waals surface area contributed by atoms with E-state index >= 15 is 0 Å². The first kappa shape index (κ1) is 14.5. The maximum absolute atomic E-state index is 11.5. The molecule has 0 bridgehead atoms.